The van der Waals surface area contributed by atoms with Gasteiger partial charge in [0, 0.05) is 11.1 Å². The summed E-state index contributed by atoms with van der Waals surface area (Å²) < 4.78 is 0. The highest BCUT2D eigenvalue weighted by Crippen LogP contribution is 2.34. The average Bonchev–Trinajstić information content (AvgIpc) is 3.19. The van der Waals surface area contributed by atoms with Gasteiger partial charge in [-0.1, -0.05) is 81.4 Å². The van der Waals surface area contributed by atoms with E-state index in [0.29, 0.717) is 10.6 Å². The maximum atomic E-state index is 13.2. The second-order valence-electron chi connectivity index (χ2n) is 8.40. The van der Waals surface area contributed by atoms with Gasteiger partial charge in [0.15, 0.2) is 0 Å². The molecule has 0 radical (unpaired) electrons. The standard InChI is InChI=1S/C24H28N2O3S/c1-24(2,3)19(28)14-18(15-27)25-22(29)21-20(16-10-6-4-7-11-16)26-23(30-21)17-12-8-5-9-13-17/h4-13,18-19,27-28H,14-15H2,1-3H3,(H,25,29). The lowest BCUT2D eigenvalue weighted by Crippen LogP contribution is -2.42. The first-order valence-electron chi connectivity index (χ1n) is 10.0. The smallest absolute Gasteiger partial charge is 0.263 e. The average molecular weight is 425 g/mol. The summed E-state index contributed by atoms with van der Waals surface area (Å²) in [6.07, 6.45) is -0.374. The summed E-state index contributed by atoms with van der Waals surface area (Å²) in [4.78, 5) is 18.4. The van der Waals surface area contributed by atoms with Crippen molar-refractivity contribution in [3.63, 3.8) is 0 Å². The van der Waals surface area contributed by atoms with E-state index in [1.165, 1.54) is 11.3 Å². The molecule has 3 N–H and O–H groups in total. The number of thiazole rings is 1. The Bertz CT molecular complexity index is 965. The Labute approximate surface area is 181 Å². The third-order valence-corrected chi connectivity index (χ3v) is 6.07. The predicted octanol–water partition coefficient (Wildman–Crippen LogP) is 4.36. The number of nitrogens with zero attached hydrogens (tertiary/aromatic N) is 1. The zero-order valence-electron chi connectivity index (χ0n) is 17.5. The molecule has 0 aliphatic rings. The van der Waals surface area contributed by atoms with Gasteiger partial charge in [-0.3, -0.25) is 4.79 Å². The van der Waals surface area contributed by atoms with E-state index in [2.05, 4.69) is 5.32 Å². The van der Waals surface area contributed by atoms with Crippen molar-refractivity contribution in [2.45, 2.75) is 39.3 Å². The number of carbonyl (C=O) groups excluding carboxylic acids is 1. The Morgan fingerprint density at radius 2 is 1.60 bits per heavy atom. The van der Waals surface area contributed by atoms with Gasteiger partial charge < -0.3 is 15.5 Å². The van der Waals surface area contributed by atoms with Gasteiger partial charge in [0.05, 0.1) is 24.4 Å². The molecule has 2 aromatic carbocycles. The number of aliphatic hydroxyl groups excluding tert-OH is 2. The Morgan fingerprint density at radius 3 is 2.13 bits per heavy atom. The van der Waals surface area contributed by atoms with Gasteiger partial charge in [0.25, 0.3) is 5.91 Å². The predicted molar refractivity (Wildman–Crippen MR) is 121 cm³/mol. The molecule has 0 aliphatic heterocycles. The molecule has 1 aromatic heterocycles. The molecule has 0 fully saturated rings. The number of benzene rings is 2. The van der Waals surface area contributed by atoms with E-state index in [4.69, 9.17) is 4.98 Å². The van der Waals surface area contributed by atoms with Crippen molar-refractivity contribution in [3.05, 3.63) is 65.5 Å². The normalized spacial score (nSPS) is 13.6. The number of nitrogens with one attached hydrogen (secondary N) is 1. The molecule has 3 aromatic rings. The van der Waals surface area contributed by atoms with E-state index >= 15 is 0 Å². The molecule has 30 heavy (non-hydrogen) atoms. The molecule has 2 atom stereocenters. The SMILES string of the molecule is CC(C)(C)C(O)CC(CO)NC(=O)c1sc(-c2ccccc2)nc1-c1ccccc1. The quantitative estimate of drug-likeness (QED) is 0.526. The van der Waals surface area contributed by atoms with Gasteiger partial charge in [-0.25, -0.2) is 4.98 Å². The monoisotopic (exact) mass is 424 g/mol. The van der Waals surface area contributed by atoms with Crippen LogP contribution in [0.25, 0.3) is 21.8 Å². The third kappa shape index (κ3) is 5.33. The van der Waals surface area contributed by atoms with E-state index < -0.39 is 12.1 Å². The molecule has 158 valence electrons. The van der Waals surface area contributed by atoms with Crippen LogP contribution in [0.4, 0.5) is 0 Å². The van der Waals surface area contributed by atoms with Crippen molar-refractivity contribution < 1.29 is 15.0 Å². The first kappa shape index (κ1) is 22.2. The topological polar surface area (TPSA) is 82.5 Å². The van der Waals surface area contributed by atoms with Crippen molar-refractivity contribution in [1.82, 2.24) is 10.3 Å². The highest BCUT2D eigenvalue weighted by Gasteiger charge is 2.28. The van der Waals surface area contributed by atoms with Crippen molar-refractivity contribution in [2.24, 2.45) is 5.41 Å². The lowest BCUT2D eigenvalue weighted by atomic mass is 9.85. The van der Waals surface area contributed by atoms with Crippen LogP contribution < -0.4 is 5.32 Å². The first-order valence-corrected chi connectivity index (χ1v) is 10.8. The van der Waals surface area contributed by atoms with Crippen molar-refractivity contribution in [1.29, 1.82) is 0 Å². The molecule has 0 aliphatic carbocycles. The van der Waals surface area contributed by atoms with Crippen LogP contribution in [0.2, 0.25) is 0 Å². The summed E-state index contributed by atoms with van der Waals surface area (Å²) in [5.74, 6) is -0.298. The van der Waals surface area contributed by atoms with Crippen LogP contribution in [0.3, 0.4) is 0 Å². The third-order valence-electron chi connectivity index (χ3n) is 4.96. The summed E-state index contributed by atoms with van der Waals surface area (Å²) in [6, 6.07) is 18.8. The molecular weight excluding hydrogens is 396 g/mol. The summed E-state index contributed by atoms with van der Waals surface area (Å²) in [7, 11) is 0. The van der Waals surface area contributed by atoms with Crippen molar-refractivity contribution >= 4 is 17.2 Å². The molecule has 6 heteroatoms. The fraction of sp³-hybridized carbons (Fsp3) is 0.333. The van der Waals surface area contributed by atoms with Crippen LogP contribution in [0, 0.1) is 5.41 Å². The van der Waals surface area contributed by atoms with Gasteiger partial charge in [0.2, 0.25) is 0 Å². The molecule has 1 heterocycles. The number of aliphatic hydroxyl groups is 2. The zero-order valence-corrected chi connectivity index (χ0v) is 18.3. The minimum absolute atomic E-state index is 0.246. The highest BCUT2D eigenvalue weighted by atomic mass is 32.1. The van der Waals surface area contributed by atoms with Gasteiger partial charge in [-0.2, -0.15) is 0 Å². The molecule has 5 nitrogen and oxygen atoms in total. The fourth-order valence-electron chi connectivity index (χ4n) is 3.02. The highest BCUT2D eigenvalue weighted by molar-refractivity contribution is 7.17. The van der Waals surface area contributed by atoms with E-state index in [-0.39, 0.29) is 24.3 Å². The number of hydrogen-bond acceptors (Lipinski definition) is 5. The Kier molecular flexibility index (Phi) is 7.02. The van der Waals surface area contributed by atoms with Crippen LogP contribution in [0.1, 0.15) is 36.9 Å². The molecular formula is C24H28N2O3S. The van der Waals surface area contributed by atoms with Crippen molar-refractivity contribution in [3.8, 4) is 21.8 Å². The van der Waals surface area contributed by atoms with Crippen LogP contribution in [-0.2, 0) is 0 Å². The minimum atomic E-state index is -0.648. The molecule has 1 amide bonds. The molecule has 0 spiro atoms. The second kappa shape index (κ2) is 9.51. The van der Waals surface area contributed by atoms with E-state index in [1.807, 2.05) is 81.4 Å². The summed E-state index contributed by atoms with van der Waals surface area (Å²) in [6.45, 7) is 5.54. The van der Waals surface area contributed by atoms with Gasteiger partial charge in [0.1, 0.15) is 9.88 Å². The van der Waals surface area contributed by atoms with Crippen molar-refractivity contribution in [2.75, 3.05) is 6.61 Å². The number of amides is 1. The van der Waals surface area contributed by atoms with Crippen LogP contribution in [0.5, 0.6) is 0 Å². The summed E-state index contributed by atoms with van der Waals surface area (Å²) in [5.41, 5.74) is 2.08. The summed E-state index contributed by atoms with van der Waals surface area (Å²) >= 11 is 1.33. The van der Waals surface area contributed by atoms with E-state index in [0.717, 1.165) is 16.1 Å². The Balaban J connectivity index is 1.91. The van der Waals surface area contributed by atoms with Gasteiger partial charge in [-0.05, 0) is 11.8 Å². The molecule has 0 saturated carbocycles. The molecule has 2 unspecified atom stereocenters. The molecule has 0 saturated heterocycles. The fourth-order valence-corrected chi connectivity index (χ4v) is 4.02. The van der Waals surface area contributed by atoms with Crippen LogP contribution in [0.15, 0.2) is 60.7 Å². The number of aromatic nitrogens is 1. The molecule has 3 rings (SSSR count). The van der Waals surface area contributed by atoms with Crippen LogP contribution in [-0.4, -0.2) is 39.9 Å². The number of carbonyl (C=O) groups is 1. The summed E-state index contributed by atoms with van der Waals surface area (Å²) in [5, 5.41) is 23.8. The lowest BCUT2D eigenvalue weighted by molar-refractivity contribution is 0.0383. The maximum Gasteiger partial charge on any atom is 0.263 e. The van der Waals surface area contributed by atoms with E-state index in [1.54, 1.807) is 0 Å². The Hall–Kier alpha value is -2.54. The lowest BCUT2D eigenvalue weighted by Gasteiger charge is -2.29. The first-order chi connectivity index (χ1) is 14.3. The van der Waals surface area contributed by atoms with E-state index in [9.17, 15) is 15.0 Å². The number of rotatable bonds is 7. The Morgan fingerprint density at radius 1 is 1.03 bits per heavy atom. The van der Waals surface area contributed by atoms with Crippen LogP contribution >= 0.6 is 11.3 Å². The zero-order chi connectivity index (χ0) is 21.7. The van der Waals surface area contributed by atoms with Gasteiger partial charge >= 0.3 is 0 Å². The maximum absolute atomic E-state index is 13.2. The van der Waals surface area contributed by atoms with Gasteiger partial charge in [-0.15, -0.1) is 11.3 Å². The number of hydrogen-bond donors (Lipinski definition) is 3. The minimum Gasteiger partial charge on any atom is -0.394 e. The second-order valence-corrected chi connectivity index (χ2v) is 9.40. The molecule has 0 bridgehead atoms. The largest absolute Gasteiger partial charge is 0.394 e.